The van der Waals surface area contributed by atoms with Crippen molar-refractivity contribution in [1.29, 1.82) is 0 Å². The van der Waals surface area contributed by atoms with Crippen molar-refractivity contribution >= 4 is 21.9 Å². The van der Waals surface area contributed by atoms with Crippen molar-refractivity contribution in [2.75, 3.05) is 13.7 Å². The lowest BCUT2D eigenvalue weighted by Crippen LogP contribution is -2.26. The lowest BCUT2D eigenvalue weighted by atomic mass is 9.86. The maximum Gasteiger partial charge on any atom is 0.345 e. The summed E-state index contributed by atoms with van der Waals surface area (Å²) >= 11 is 0. The third kappa shape index (κ3) is 4.65. The van der Waals surface area contributed by atoms with Crippen LogP contribution in [-0.2, 0) is 4.74 Å². The molecule has 3 aromatic heterocycles. The number of rotatable bonds is 7. The van der Waals surface area contributed by atoms with Gasteiger partial charge in [-0.05, 0) is 45.7 Å². The highest BCUT2D eigenvalue weighted by Gasteiger charge is 2.38. The molecule has 7 nitrogen and oxygen atoms in total. The first-order valence-electron chi connectivity index (χ1n) is 12.2. The molecule has 5 rings (SSSR count). The molecule has 1 aromatic carbocycles. The summed E-state index contributed by atoms with van der Waals surface area (Å²) in [5, 5.41) is 4.74. The van der Waals surface area contributed by atoms with Gasteiger partial charge >= 0.3 is 6.61 Å². The first-order valence-corrected chi connectivity index (χ1v) is 12.2. The Balaban J connectivity index is 1.72. The summed E-state index contributed by atoms with van der Waals surface area (Å²) in [7, 11) is 1.56. The molecule has 3 heterocycles. The summed E-state index contributed by atoms with van der Waals surface area (Å²) in [5.41, 5.74) is 4.12. The minimum atomic E-state index is -2.93. The number of fused-ring (bicyclic) bond motifs is 3. The summed E-state index contributed by atoms with van der Waals surface area (Å²) < 4.78 is 71.2. The highest BCUT2D eigenvalue weighted by Crippen LogP contribution is 2.44. The largest absolute Gasteiger partial charge is 0.496 e. The fraction of sp³-hybridized carbons (Fsp3) is 0.500. The molecule has 37 heavy (non-hydrogen) atoms. The topological polar surface area (TPSA) is 75.2 Å². The quantitative estimate of drug-likeness (QED) is 0.245. The van der Waals surface area contributed by atoms with Crippen LogP contribution in [-0.4, -0.2) is 45.9 Å². The molecule has 0 aliphatic heterocycles. The van der Waals surface area contributed by atoms with E-state index in [0.717, 1.165) is 11.1 Å². The Kier molecular flexibility index (Phi) is 6.59. The molecule has 11 heteroatoms. The Labute approximate surface area is 210 Å². The molecular weight excluding hydrogens is 492 g/mol. The van der Waals surface area contributed by atoms with Crippen LogP contribution < -0.4 is 4.74 Å². The molecule has 0 N–H and O–H groups in total. The van der Waals surface area contributed by atoms with Crippen LogP contribution in [0.15, 0.2) is 22.9 Å². The normalized spacial score (nSPS) is 17.2. The maximum atomic E-state index is 13.9. The van der Waals surface area contributed by atoms with Crippen molar-refractivity contribution < 1.29 is 31.6 Å². The number of methoxy groups -OCH3 is 1. The SMILES string of the molecule is COc1cc2c(cc1-c1c(C)noc1C)ncc1nc(C3CCC(F)(F)CC3)n([C@H](C)COC(F)F)c12. The molecule has 1 atom stereocenters. The zero-order chi connectivity index (χ0) is 26.5. The van der Waals surface area contributed by atoms with Crippen molar-refractivity contribution in [2.24, 2.45) is 0 Å². The number of hydrogen-bond acceptors (Lipinski definition) is 6. The maximum absolute atomic E-state index is 13.9. The molecule has 198 valence electrons. The first kappa shape index (κ1) is 25.4. The van der Waals surface area contributed by atoms with E-state index < -0.39 is 18.6 Å². The van der Waals surface area contributed by atoms with Gasteiger partial charge in [-0.2, -0.15) is 8.78 Å². The van der Waals surface area contributed by atoms with Crippen LogP contribution in [0.25, 0.3) is 33.1 Å². The minimum Gasteiger partial charge on any atom is -0.496 e. The number of halogens is 4. The fourth-order valence-corrected chi connectivity index (χ4v) is 5.37. The summed E-state index contributed by atoms with van der Waals surface area (Å²) in [4.78, 5) is 9.40. The van der Waals surface area contributed by atoms with Gasteiger partial charge in [-0.25, -0.2) is 13.8 Å². The van der Waals surface area contributed by atoms with Gasteiger partial charge in [0.25, 0.3) is 0 Å². The Bertz CT molecular complexity index is 1420. The number of alkyl halides is 4. The second kappa shape index (κ2) is 9.59. The summed E-state index contributed by atoms with van der Waals surface area (Å²) in [6, 6.07) is 3.18. The molecule has 1 fully saturated rings. The molecular formula is C26H28F4N4O3. The van der Waals surface area contributed by atoms with Crippen molar-refractivity contribution in [3.05, 3.63) is 35.6 Å². The zero-order valence-corrected chi connectivity index (χ0v) is 21.0. The van der Waals surface area contributed by atoms with Crippen LogP contribution >= 0.6 is 0 Å². The van der Waals surface area contributed by atoms with Gasteiger partial charge in [0.05, 0.1) is 48.2 Å². The fourth-order valence-electron chi connectivity index (χ4n) is 5.37. The van der Waals surface area contributed by atoms with E-state index in [1.807, 2.05) is 30.5 Å². The van der Waals surface area contributed by atoms with Crippen molar-refractivity contribution in [3.63, 3.8) is 0 Å². The Hall–Kier alpha value is -3.21. The van der Waals surface area contributed by atoms with Gasteiger partial charge in [0.15, 0.2) is 0 Å². The van der Waals surface area contributed by atoms with Crippen LogP contribution in [0.1, 0.15) is 61.8 Å². The van der Waals surface area contributed by atoms with E-state index in [1.165, 1.54) is 0 Å². The molecule has 0 amide bonds. The first-order chi connectivity index (χ1) is 17.6. The second-order valence-corrected chi connectivity index (χ2v) is 9.67. The van der Waals surface area contributed by atoms with E-state index in [1.54, 1.807) is 20.2 Å². The molecule has 1 saturated carbocycles. The third-order valence-electron chi connectivity index (χ3n) is 7.15. The molecule has 0 bridgehead atoms. The number of pyridine rings is 1. The number of hydrogen-bond donors (Lipinski definition) is 0. The van der Waals surface area contributed by atoms with E-state index in [2.05, 4.69) is 14.9 Å². The molecule has 0 spiro atoms. The van der Waals surface area contributed by atoms with Gasteiger partial charge < -0.3 is 18.6 Å². The number of nitrogens with zero attached hydrogens (tertiary/aromatic N) is 4. The highest BCUT2D eigenvalue weighted by molar-refractivity contribution is 6.05. The number of aryl methyl sites for hydroxylation is 2. The van der Waals surface area contributed by atoms with E-state index in [4.69, 9.17) is 14.2 Å². The summed E-state index contributed by atoms with van der Waals surface area (Å²) in [5.74, 6) is -1.17. The predicted molar refractivity (Wildman–Crippen MR) is 129 cm³/mol. The van der Waals surface area contributed by atoms with Crippen molar-refractivity contribution in [2.45, 2.75) is 70.9 Å². The summed E-state index contributed by atoms with van der Waals surface area (Å²) in [6.07, 6.45) is 1.65. The predicted octanol–water partition coefficient (Wildman–Crippen LogP) is 6.96. The smallest absolute Gasteiger partial charge is 0.345 e. The molecule has 0 radical (unpaired) electrons. The van der Waals surface area contributed by atoms with Gasteiger partial charge in [-0.15, -0.1) is 0 Å². The zero-order valence-electron chi connectivity index (χ0n) is 21.0. The van der Waals surface area contributed by atoms with E-state index in [-0.39, 0.29) is 38.2 Å². The Morgan fingerprint density at radius 3 is 2.51 bits per heavy atom. The molecule has 1 aliphatic rings. The van der Waals surface area contributed by atoms with E-state index in [0.29, 0.717) is 45.0 Å². The summed E-state index contributed by atoms with van der Waals surface area (Å²) in [6.45, 7) is 2.22. The number of aromatic nitrogens is 4. The molecule has 0 saturated heterocycles. The van der Waals surface area contributed by atoms with Crippen LogP contribution in [0, 0.1) is 13.8 Å². The van der Waals surface area contributed by atoms with E-state index >= 15 is 0 Å². The average Bonchev–Trinajstić information content (AvgIpc) is 3.41. The molecule has 4 aromatic rings. The van der Waals surface area contributed by atoms with Gasteiger partial charge in [-0.3, -0.25) is 4.98 Å². The van der Waals surface area contributed by atoms with E-state index in [9.17, 15) is 17.6 Å². The van der Waals surface area contributed by atoms with Gasteiger partial charge in [-0.1, -0.05) is 5.16 Å². The minimum absolute atomic E-state index is 0.237. The van der Waals surface area contributed by atoms with Gasteiger partial charge in [0.1, 0.15) is 22.9 Å². The highest BCUT2D eigenvalue weighted by atomic mass is 19.3. The van der Waals surface area contributed by atoms with Crippen LogP contribution in [0.2, 0.25) is 0 Å². The number of imidazole rings is 1. The van der Waals surface area contributed by atoms with Crippen molar-refractivity contribution in [3.8, 4) is 16.9 Å². The molecule has 1 aliphatic carbocycles. The Morgan fingerprint density at radius 1 is 1.16 bits per heavy atom. The van der Waals surface area contributed by atoms with Crippen LogP contribution in [0.4, 0.5) is 17.6 Å². The standard InChI is InChI=1S/C26H28F4N4O3/c1-13(12-36-25(27)28)34-23-17-10-21(35-4)18(22-14(2)33-37-15(22)3)9-19(17)31-11-20(23)32-24(34)16-5-7-26(29,30)8-6-16/h9-11,13,16,25H,5-8,12H2,1-4H3/t13-/m1/s1. The number of benzene rings is 1. The lowest BCUT2D eigenvalue weighted by molar-refractivity contribution is -0.135. The average molecular weight is 521 g/mol. The Morgan fingerprint density at radius 2 is 1.89 bits per heavy atom. The monoisotopic (exact) mass is 520 g/mol. The number of ether oxygens (including phenoxy) is 2. The molecule has 0 unspecified atom stereocenters. The van der Waals surface area contributed by atoms with Crippen LogP contribution in [0.3, 0.4) is 0 Å². The van der Waals surface area contributed by atoms with Crippen LogP contribution in [0.5, 0.6) is 5.75 Å². The van der Waals surface area contributed by atoms with Gasteiger partial charge in [0.2, 0.25) is 5.92 Å². The second-order valence-electron chi connectivity index (χ2n) is 9.67. The lowest BCUT2D eigenvalue weighted by Gasteiger charge is -2.29. The third-order valence-corrected chi connectivity index (χ3v) is 7.15. The van der Waals surface area contributed by atoms with Gasteiger partial charge in [0, 0.05) is 29.7 Å². The van der Waals surface area contributed by atoms with Crippen molar-refractivity contribution in [1.82, 2.24) is 19.7 Å².